The maximum Gasteiger partial charge on any atom is 0.322 e. The van der Waals surface area contributed by atoms with E-state index in [4.69, 9.17) is 5.73 Å². The van der Waals surface area contributed by atoms with Gasteiger partial charge in [-0.1, -0.05) is 12.1 Å². The third-order valence-corrected chi connectivity index (χ3v) is 3.73. The van der Waals surface area contributed by atoms with Crippen molar-refractivity contribution in [3.8, 4) is 0 Å². The lowest BCUT2D eigenvalue weighted by Gasteiger charge is -2.25. The van der Waals surface area contributed by atoms with Crippen LogP contribution in [0.25, 0.3) is 0 Å². The van der Waals surface area contributed by atoms with Crippen molar-refractivity contribution in [3.05, 3.63) is 35.4 Å². The summed E-state index contributed by atoms with van der Waals surface area (Å²) in [6, 6.07) is 5.99. The van der Waals surface area contributed by atoms with E-state index in [1.165, 1.54) is 0 Å². The van der Waals surface area contributed by atoms with E-state index in [2.05, 4.69) is 16.0 Å². The second-order valence-corrected chi connectivity index (χ2v) is 6.15. The monoisotopic (exact) mass is 304 g/mol. The molecule has 1 unspecified atom stereocenters. The molecule has 1 fully saturated rings. The van der Waals surface area contributed by atoms with Crippen molar-refractivity contribution in [2.45, 2.75) is 31.8 Å². The minimum Gasteiger partial charge on any atom is -0.346 e. The van der Waals surface area contributed by atoms with E-state index >= 15 is 0 Å². The van der Waals surface area contributed by atoms with E-state index in [-0.39, 0.29) is 5.91 Å². The van der Waals surface area contributed by atoms with Gasteiger partial charge in [0.2, 0.25) is 0 Å². The van der Waals surface area contributed by atoms with E-state index in [1.807, 2.05) is 13.8 Å². The van der Waals surface area contributed by atoms with Crippen LogP contribution in [-0.4, -0.2) is 29.9 Å². The molecule has 1 saturated heterocycles. The van der Waals surface area contributed by atoms with Gasteiger partial charge in [-0.15, -0.1) is 0 Å². The first kappa shape index (κ1) is 16.0. The lowest BCUT2D eigenvalue weighted by Crippen LogP contribution is -2.48. The molecule has 1 aliphatic heterocycles. The highest BCUT2D eigenvalue weighted by Gasteiger charge is 2.43. The van der Waals surface area contributed by atoms with Gasteiger partial charge < -0.3 is 16.4 Å². The van der Waals surface area contributed by atoms with Crippen molar-refractivity contribution in [3.63, 3.8) is 0 Å². The Hall–Kier alpha value is -2.41. The Morgan fingerprint density at radius 2 is 1.86 bits per heavy atom. The summed E-state index contributed by atoms with van der Waals surface area (Å²) in [5.74, 6) is -0.661. The molecule has 1 aromatic rings. The highest BCUT2D eigenvalue weighted by Crippen LogP contribution is 2.24. The van der Waals surface area contributed by atoms with Crippen molar-refractivity contribution in [2.24, 2.45) is 5.73 Å². The molecule has 4 amide bonds. The van der Waals surface area contributed by atoms with Crippen molar-refractivity contribution in [1.82, 2.24) is 16.0 Å². The molecular weight excluding hydrogens is 284 g/mol. The summed E-state index contributed by atoms with van der Waals surface area (Å²) in [5, 5.41) is 7.60. The number of hydrogen-bond acceptors (Lipinski definition) is 4. The number of nitrogens with one attached hydrogen (secondary N) is 3. The zero-order valence-electron chi connectivity index (χ0n) is 12.8. The number of imide groups is 1. The van der Waals surface area contributed by atoms with Crippen LogP contribution in [-0.2, 0) is 10.3 Å². The lowest BCUT2D eigenvalue weighted by atomic mass is 9.91. The summed E-state index contributed by atoms with van der Waals surface area (Å²) in [4.78, 5) is 35.3. The number of urea groups is 1. The van der Waals surface area contributed by atoms with Crippen molar-refractivity contribution >= 4 is 17.8 Å². The van der Waals surface area contributed by atoms with Gasteiger partial charge in [0.05, 0.1) is 0 Å². The van der Waals surface area contributed by atoms with Gasteiger partial charge in [0, 0.05) is 17.6 Å². The van der Waals surface area contributed by atoms with Gasteiger partial charge in [0.1, 0.15) is 5.54 Å². The maximum absolute atomic E-state index is 12.1. The molecule has 1 atom stereocenters. The molecule has 22 heavy (non-hydrogen) atoms. The second-order valence-electron chi connectivity index (χ2n) is 6.15. The predicted octanol–water partition coefficient (Wildman–Crippen LogP) is 0.208. The largest absolute Gasteiger partial charge is 0.346 e. The zero-order chi connectivity index (χ0) is 16.5. The summed E-state index contributed by atoms with van der Waals surface area (Å²) in [6.07, 6.45) is 0. The van der Waals surface area contributed by atoms with Crippen LogP contribution in [0.1, 0.15) is 36.7 Å². The first-order valence-electron chi connectivity index (χ1n) is 6.95. The van der Waals surface area contributed by atoms with Crippen LogP contribution < -0.4 is 21.7 Å². The van der Waals surface area contributed by atoms with Gasteiger partial charge in [0.25, 0.3) is 11.8 Å². The molecule has 5 N–H and O–H groups in total. The fourth-order valence-corrected chi connectivity index (χ4v) is 2.13. The van der Waals surface area contributed by atoms with Gasteiger partial charge in [0.15, 0.2) is 0 Å². The van der Waals surface area contributed by atoms with Crippen LogP contribution in [0.15, 0.2) is 24.3 Å². The summed E-state index contributed by atoms with van der Waals surface area (Å²) in [6.45, 7) is 5.60. The first-order chi connectivity index (χ1) is 10.2. The van der Waals surface area contributed by atoms with Gasteiger partial charge in [-0.05, 0) is 38.5 Å². The van der Waals surface area contributed by atoms with E-state index in [0.29, 0.717) is 17.7 Å². The zero-order valence-corrected chi connectivity index (χ0v) is 12.8. The molecule has 1 aliphatic rings. The van der Waals surface area contributed by atoms with Gasteiger partial charge in [-0.2, -0.15) is 0 Å². The average Bonchev–Trinajstić information content (AvgIpc) is 2.72. The number of nitrogens with two attached hydrogens (primary N) is 1. The summed E-state index contributed by atoms with van der Waals surface area (Å²) in [7, 11) is 0. The molecule has 118 valence electrons. The predicted molar refractivity (Wildman–Crippen MR) is 81.1 cm³/mol. The lowest BCUT2D eigenvalue weighted by molar-refractivity contribution is -0.123. The van der Waals surface area contributed by atoms with Crippen LogP contribution in [0.2, 0.25) is 0 Å². The number of carbonyl (C=O) groups excluding carboxylic acids is 3. The molecule has 0 saturated carbocycles. The molecule has 0 aliphatic carbocycles. The Morgan fingerprint density at radius 1 is 1.27 bits per heavy atom. The first-order valence-corrected chi connectivity index (χ1v) is 6.95. The topological polar surface area (TPSA) is 113 Å². The highest BCUT2D eigenvalue weighted by molar-refractivity contribution is 6.07. The Bertz CT molecular complexity index is 624. The number of hydrogen-bond donors (Lipinski definition) is 4. The van der Waals surface area contributed by atoms with Gasteiger partial charge in [-0.3, -0.25) is 14.9 Å². The Labute approximate surface area is 128 Å². The Balaban J connectivity index is 2.19. The van der Waals surface area contributed by atoms with Crippen molar-refractivity contribution in [2.75, 3.05) is 6.54 Å². The van der Waals surface area contributed by atoms with Crippen LogP contribution in [0.3, 0.4) is 0 Å². The van der Waals surface area contributed by atoms with Crippen molar-refractivity contribution in [1.29, 1.82) is 0 Å². The molecular formula is C15H20N4O3. The fraction of sp³-hybridized carbons (Fsp3) is 0.400. The van der Waals surface area contributed by atoms with Gasteiger partial charge >= 0.3 is 6.03 Å². The van der Waals surface area contributed by atoms with Crippen LogP contribution in [0.4, 0.5) is 4.79 Å². The SMILES string of the molecule is CC(C)(CN)NC(=O)c1ccc(C2(C)NC(=O)NC2=O)cc1. The Kier molecular flexibility index (Phi) is 3.93. The van der Waals surface area contributed by atoms with Crippen molar-refractivity contribution < 1.29 is 14.4 Å². The molecule has 2 rings (SSSR count). The average molecular weight is 304 g/mol. The number of rotatable bonds is 4. The van der Waals surface area contributed by atoms with E-state index in [1.54, 1.807) is 31.2 Å². The summed E-state index contributed by atoms with van der Waals surface area (Å²) < 4.78 is 0. The smallest absolute Gasteiger partial charge is 0.322 e. The molecule has 7 heteroatoms. The quantitative estimate of drug-likeness (QED) is 0.595. The Morgan fingerprint density at radius 3 is 2.32 bits per heavy atom. The maximum atomic E-state index is 12.1. The molecule has 0 spiro atoms. The number of carbonyl (C=O) groups is 3. The third kappa shape index (κ3) is 2.94. The second kappa shape index (κ2) is 5.42. The molecule has 1 aromatic carbocycles. The molecule has 0 radical (unpaired) electrons. The van der Waals surface area contributed by atoms with E-state index in [9.17, 15) is 14.4 Å². The minimum atomic E-state index is -1.12. The molecule has 1 heterocycles. The standard InChI is InChI=1S/C15H20N4O3/c1-14(2,8-16)18-11(20)9-4-6-10(7-5-9)15(3)12(21)17-13(22)19-15/h4-7H,8,16H2,1-3H3,(H,18,20)(H2,17,19,21,22). The van der Waals surface area contributed by atoms with Crippen LogP contribution in [0, 0.1) is 0 Å². The van der Waals surface area contributed by atoms with Crippen LogP contribution in [0.5, 0.6) is 0 Å². The minimum absolute atomic E-state index is 0.243. The summed E-state index contributed by atoms with van der Waals surface area (Å²) in [5.41, 5.74) is 5.02. The molecule has 7 nitrogen and oxygen atoms in total. The normalized spacial score (nSPS) is 21.3. The van der Waals surface area contributed by atoms with Gasteiger partial charge in [-0.25, -0.2) is 4.79 Å². The van der Waals surface area contributed by atoms with E-state index < -0.39 is 23.0 Å². The summed E-state index contributed by atoms with van der Waals surface area (Å²) >= 11 is 0. The van der Waals surface area contributed by atoms with Crippen LogP contribution >= 0.6 is 0 Å². The third-order valence-electron chi connectivity index (χ3n) is 3.73. The molecule has 0 aromatic heterocycles. The number of benzene rings is 1. The fourth-order valence-electron chi connectivity index (χ4n) is 2.13. The number of amides is 4. The highest BCUT2D eigenvalue weighted by atomic mass is 16.2. The molecule has 0 bridgehead atoms. The van der Waals surface area contributed by atoms with E-state index in [0.717, 1.165) is 0 Å².